The summed E-state index contributed by atoms with van der Waals surface area (Å²) in [6.07, 6.45) is 4.20. The van der Waals surface area contributed by atoms with E-state index in [9.17, 15) is 13.2 Å². The smallest absolute Gasteiger partial charge is 0.240 e. The third-order valence-electron chi connectivity index (χ3n) is 5.67. The number of rotatable bonds is 8. The molecule has 0 saturated heterocycles. The van der Waals surface area contributed by atoms with Crippen LogP contribution in [0, 0.1) is 13.8 Å². The number of fused-ring (bicyclic) bond motifs is 1. The van der Waals surface area contributed by atoms with E-state index in [4.69, 9.17) is 0 Å². The molecule has 1 N–H and O–H groups in total. The molecule has 1 aliphatic rings. The van der Waals surface area contributed by atoms with Crippen LogP contribution in [0.25, 0.3) is 0 Å². The summed E-state index contributed by atoms with van der Waals surface area (Å²) < 4.78 is 25.8. The summed E-state index contributed by atoms with van der Waals surface area (Å²) in [5.41, 5.74) is 5.07. The molecule has 0 aliphatic carbocycles. The van der Waals surface area contributed by atoms with Gasteiger partial charge in [0.15, 0.2) is 0 Å². The fraction of sp³-hybridized carbons (Fsp3) is 0.435. The molecule has 0 radical (unpaired) electrons. The summed E-state index contributed by atoms with van der Waals surface area (Å²) in [4.78, 5) is 14.9. The number of anilines is 2. The standard InChI is InChI=1S/C23H31N3O3S/c1-18-9-6-13-21(19(18)2)26(30(3,28)29)17-23(27)24-14-8-16-25-15-7-11-20-10-4-5-12-22(20)25/h4-6,9-10,12-13H,7-8,11,14-17H2,1-3H3,(H,24,27). The lowest BCUT2D eigenvalue weighted by Crippen LogP contribution is -2.41. The molecular weight excluding hydrogens is 398 g/mol. The van der Waals surface area contributed by atoms with Crippen LogP contribution in [0.15, 0.2) is 42.5 Å². The number of nitrogens with zero attached hydrogens (tertiary/aromatic N) is 2. The Morgan fingerprint density at radius 1 is 1.13 bits per heavy atom. The molecule has 3 rings (SSSR count). The molecule has 1 heterocycles. The number of hydrogen-bond donors (Lipinski definition) is 1. The van der Waals surface area contributed by atoms with E-state index >= 15 is 0 Å². The Morgan fingerprint density at radius 2 is 1.90 bits per heavy atom. The van der Waals surface area contributed by atoms with Gasteiger partial charge in [-0.1, -0.05) is 30.3 Å². The molecule has 0 aromatic heterocycles. The number of carbonyl (C=O) groups is 1. The number of nitrogens with one attached hydrogen (secondary N) is 1. The number of para-hydroxylation sites is 1. The van der Waals surface area contributed by atoms with Gasteiger partial charge in [-0.3, -0.25) is 9.10 Å². The third-order valence-corrected chi connectivity index (χ3v) is 6.79. The van der Waals surface area contributed by atoms with Gasteiger partial charge in [0.05, 0.1) is 11.9 Å². The number of hydrogen-bond acceptors (Lipinski definition) is 4. The Balaban J connectivity index is 1.55. The van der Waals surface area contributed by atoms with Crippen LogP contribution in [0.5, 0.6) is 0 Å². The second kappa shape index (κ2) is 9.51. The summed E-state index contributed by atoms with van der Waals surface area (Å²) in [6.45, 7) is 6.00. The SMILES string of the molecule is Cc1cccc(N(CC(=O)NCCCN2CCCc3ccccc32)S(C)(=O)=O)c1C. The lowest BCUT2D eigenvalue weighted by Gasteiger charge is -2.31. The zero-order chi connectivity index (χ0) is 21.7. The van der Waals surface area contributed by atoms with Gasteiger partial charge in [-0.25, -0.2) is 8.42 Å². The summed E-state index contributed by atoms with van der Waals surface area (Å²) in [5, 5.41) is 2.88. The van der Waals surface area contributed by atoms with Gasteiger partial charge >= 0.3 is 0 Å². The topological polar surface area (TPSA) is 69.7 Å². The first kappa shape index (κ1) is 22.2. The molecule has 0 unspecified atom stereocenters. The molecule has 0 bridgehead atoms. The zero-order valence-electron chi connectivity index (χ0n) is 18.0. The first-order valence-electron chi connectivity index (χ1n) is 10.4. The van der Waals surface area contributed by atoms with E-state index in [1.165, 1.54) is 15.6 Å². The minimum atomic E-state index is -3.57. The minimum absolute atomic E-state index is 0.213. The van der Waals surface area contributed by atoms with Gasteiger partial charge in [0, 0.05) is 25.3 Å². The minimum Gasteiger partial charge on any atom is -0.371 e. The summed E-state index contributed by atoms with van der Waals surface area (Å²) in [6, 6.07) is 13.9. The summed E-state index contributed by atoms with van der Waals surface area (Å²) in [5.74, 6) is -0.291. The zero-order valence-corrected chi connectivity index (χ0v) is 18.8. The molecule has 2 aromatic carbocycles. The van der Waals surface area contributed by atoms with Crippen LogP contribution >= 0.6 is 0 Å². The molecule has 0 atom stereocenters. The molecule has 1 amide bonds. The lowest BCUT2D eigenvalue weighted by molar-refractivity contribution is -0.119. The first-order chi connectivity index (χ1) is 14.3. The quantitative estimate of drug-likeness (QED) is 0.655. The highest BCUT2D eigenvalue weighted by atomic mass is 32.2. The monoisotopic (exact) mass is 429 g/mol. The van der Waals surface area contributed by atoms with E-state index in [0.717, 1.165) is 49.7 Å². The van der Waals surface area contributed by atoms with Crippen molar-refractivity contribution < 1.29 is 13.2 Å². The van der Waals surface area contributed by atoms with Crippen LogP contribution in [0.4, 0.5) is 11.4 Å². The highest BCUT2D eigenvalue weighted by molar-refractivity contribution is 7.92. The van der Waals surface area contributed by atoms with Gasteiger partial charge in [0.1, 0.15) is 6.54 Å². The molecule has 162 valence electrons. The summed E-state index contributed by atoms with van der Waals surface area (Å²) >= 11 is 0. The molecule has 7 heteroatoms. The summed E-state index contributed by atoms with van der Waals surface area (Å²) in [7, 11) is -3.57. The van der Waals surface area contributed by atoms with Gasteiger partial charge in [0.25, 0.3) is 0 Å². The predicted molar refractivity (Wildman–Crippen MR) is 123 cm³/mol. The molecule has 1 aliphatic heterocycles. The van der Waals surface area contributed by atoms with Crippen LogP contribution in [-0.2, 0) is 21.2 Å². The van der Waals surface area contributed by atoms with Crippen molar-refractivity contribution in [1.29, 1.82) is 0 Å². The maximum atomic E-state index is 12.5. The van der Waals surface area contributed by atoms with Crippen LogP contribution in [0.2, 0.25) is 0 Å². The van der Waals surface area contributed by atoms with E-state index in [1.807, 2.05) is 26.0 Å². The Morgan fingerprint density at radius 3 is 2.67 bits per heavy atom. The fourth-order valence-electron chi connectivity index (χ4n) is 3.91. The average Bonchev–Trinajstić information content (AvgIpc) is 2.71. The second-order valence-corrected chi connectivity index (χ2v) is 9.82. The van der Waals surface area contributed by atoms with Crippen molar-refractivity contribution in [1.82, 2.24) is 5.32 Å². The van der Waals surface area contributed by atoms with E-state index < -0.39 is 10.0 Å². The van der Waals surface area contributed by atoms with Crippen molar-refractivity contribution in [2.75, 3.05) is 41.6 Å². The Hall–Kier alpha value is -2.54. The first-order valence-corrected chi connectivity index (χ1v) is 12.3. The number of benzene rings is 2. The van der Waals surface area contributed by atoms with E-state index in [-0.39, 0.29) is 12.5 Å². The molecule has 0 fully saturated rings. The molecule has 6 nitrogen and oxygen atoms in total. The molecule has 0 spiro atoms. The van der Waals surface area contributed by atoms with Crippen molar-refractivity contribution in [2.45, 2.75) is 33.1 Å². The van der Waals surface area contributed by atoms with Gasteiger partial charge in [-0.05, 0) is 61.9 Å². The number of aryl methyl sites for hydroxylation is 2. The highest BCUT2D eigenvalue weighted by Gasteiger charge is 2.23. The van der Waals surface area contributed by atoms with E-state index in [1.54, 1.807) is 6.07 Å². The number of sulfonamides is 1. The largest absolute Gasteiger partial charge is 0.371 e. The van der Waals surface area contributed by atoms with Gasteiger partial charge < -0.3 is 10.2 Å². The van der Waals surface area contributed by atoms with Crippen LogP contribution in [0.3, 0.4) is 0 Å². The predicted octanol–water partition coefficient (Wildman–Crippen LogP) is 3.03. The number of amides is 1. The van der Waals surface area contributed by atoms with Crippen molar-refractivity contribution >= 4 is 27.3 Å². The van der Waals surface area contributed by atoms with E-state index in [2.05, 4.69) is 34.5 Å². The van der Waals surface area contributed by atoms with Gasteiger partial charge in [-0.2, -0.15) is 0 Å². The van der Waals surface area contributed by atoms with Crippen molar-refractivity contribution in [3.05, 3.63) is 59.2 Å². The average molecular weight is 430 g/mol. The number of carbonyl (C=O) groups excluding carboxylic acids is 1. The maximum Gasteiger partial charge on any atom is 0.240 e. The van der Waals surface area contributed by atoms with Crippen molar-refractivity contribution in [3.63, 3.8) is 0 Å². The normalized spacial score (nSPS) is 13.6. The lowest BCUT2D eigenvalue weighted by atomic mass is 10.0. The second-order valence-electron chi connectivity index (χ2n) is 7.91. The molecule has 30 heavy (non-hydrogen) atoms. The van der Waals surface area contributed by atoms with Crippen molar-refractivity contribution in [2.24, 2.45) is 0 Å². The molecular formula is C23H31N3O3S. The van der Waals surface area contributed by atoms with Gasteiger partial charge in [0.2, 0.25) is 15.9 Å². The van der Waals surface area contributed by atoms with Gasteiger partial charge in [-0.15, -0.1) is 0 Å². The Bertz CT molecular complexity index is 1000. The van der Waals surface area contributed by atoms with Crippen LogP contribution in [-0.4, -0.2) is 46.8 Å². The molecule has 2 aromatic rings. The molecule has 0 saturated carbocycles. The Labute approximate surface area is 179 Å². The van der Waals surface area contributed by atoms with Crippen molar-refractivity contribution in [3.8, 4) is 0 Å². The third kappa shape index (κ3) is 5.33. The highest BCUT2D eigenvalue weighted by Crippen LogP contribution is 2.27. The maximum absolute atomic E-state index is 12.5. The fourth-order valence-corrected chi connectivity index (χ4v) is 4.82. The van der Waals surface area contributed by atoms with Crippen LogP contribution < -0.4 is 14.5 Å². The Kier molecular flexibility index (Phi) is 7.02. The van der Waals surface area contributed by atoms with Crippen LogP contribution in [0.1, 0.15) is 29.5 Å². The van der Waals surface area contributed by atoms with E-state index in [0.29, 0.717) is 12.2 Å².